The van der Waals surface area contributed by atoms with Crippen molar-refractivity contribution in [3.05, 3.63) is 30.1 Å². The Hall–Kier alpha value is -0.930. The second kappa shape index (κ2) is 14.1. The summed E-state index contributed by atoms with van der Waals surface area (Å²) in [5.74, 6) is 0.931. The molecule has 1 fully saturated rings. The van der Waals surface area contributed by atoms with E-state index in [0.717, 1.165) is 63.8 Å². The lowest BCUT2D eigenvalue weighted by Crippen LogP contribution is -2.49. The van der Waals surface area contributed by atoms with Crippen molar-refractivity contribution in [1.82, 2.24) is 25.4 Å². The zero-order valence-corrected chi connectivity index (χ0v) is 19.5. The Morgan fingerprint density at radius 2 is 2.04 bits per heavy atom. The minimum absolute atomic E-state index is 0. The van der Waals surface area contributed by atoms with Gasteiger partial charge in [0.15, 0.2) is 5.96 Å². The van der Waals surface area contributed by atoms with Gasteiger partial charge in [-0.15, -0.1) is 24.0 Å². The molecule has 0 unspecified atom stereocenters. The quantitative estimate of drug-likeness (QED) is 0.318. The van der Waals surface area contributed by atoms with Gasteiger partial charge in [-0.05, 0) is 44.5 Å². The van der Waals surface area contributed by atoms with Gasteiger partial charge in [0.2, 0.25) is 0 Å². The highest BCUT2D eigenvalue weighted by Crippen LogP contribution is 2.12. The summed E-state index contributed by atoms with van der Waals surface area (Å²) in [5.41, 5.74) is 1.16. The van der Waals surface area contributed by atoms with Crippen LogP contribution in [0.4, 0.5) is 0 Å². The fourth-order valence-corrected chi connectivity index (χ4v) is 3.42. The van der Waals surface area contributed by atoms with Crippen LogP contribution in [0.15, 0.2) is 29.4 Å². The second-order valence-corrected chi connectivity index (χ2v) is 6.95. The van der Waals surface area contributed by atoms with Crippen LogP contribution in [-0.4, -0.2) is 73.1 Å². The molecule has 2 rings (SSSR count). The van der Waals surface area contributed by atoms with E-state index < -0.39 is 0 Å². The van der Waals surface area contributed by atoms with E-state index in [9.17, 15) is 0 Å². The number of aliphatic imine (C=N–C) groups is 1. The summed E-state index contributed by atoms with van der Waals surface area (Å²) in [5, 5.41) is 7.06. The topological polar surface area (TPSA) is 55.8 Å². The summed E-state index contributed by atoms with van der Waals surface area (Å²) < 4.78 is 0. The maximum atomic E-state index is 4.43. The molecule has 0 saturated carbocycles. The third-order valence-corrected chi connectivity index (χ3v) is 4.97. The lowest BCUT2D eigenvalue weighted by molar-refractivity contribution is 0.196. The number of guanidine groups is 1. The first kappa shape index (κ1) is 24.1. The number of hydrogen-bond acceptors (Lipinski definition) is 4. The largest absolute Gasteiger partial charge is 0.355 e. The van der Waals surface area contributed by atoms with Crippen LogP contribution in [0, 0.1) is 0 Å². The van der Waals surface area contributed by atoms with Crippen molar-refractivity contribution in [3.63, 3.8) is 0 Å². The standard InChI is InChI=1S/C20H36N6.HI/c1-4-13-25(5-2)16-12-23-20(21-3)24-18-9-14-26(15-10-18)17-19-8-6-7-11-22-19;/h6-8,11,18H,4-5,9-10,12-17H2,1-3H3,(H2,21,23,24);1H. The third-order valence-electron chi connectivity index (χ3n) is 4.97. The van der Waals surface area contributed by atoms with Crippen molar-refractivity contribution in [1.29, 1.82) is 0 Å². The molecule has 0 aromatic carbocycles. The molecule has 0 radical (unpaired) electrons. The van der Waals surface area contributed by atoms with Gasteiger partial charge < -0.3 is 15.5 Å². The Bertz CT molecular complexity index is 516. The first-order chi connectivity index (χ1) is 12.7. The monoisotopic (exact) mass is 488 g/mol. The molecule has 6 nitrogen and oxygen atoms in total. The molecule has 1 saturated heterocycles. The number of likely N-dealkylation sites (tertiary alicyclic amines) is 1. The van der Waals surface area contributed by atoms with Gasteiger partial charge >= 0.3 is 0 Å². The molecule has 154 valence electrons. The van der Waals surface area contributed by atoms with Gasteiger partial charge in [0.05, 0.1) is 5.69 Å². The Morgan fingerprint density at radius 3 is 2.63 bits per heavy atom. The summed E-state index contributed by atoms with van der Waals surface area (Å²) in [7, 11) is 1.86. The van der Waals surface area contributed by atoms with E-state index in [2.05, 4.69) is 56.4 Å². The fourth-order valence-electron chi connectivity index (χ4n) is 3.42. The second-order valence-electron chi connectivity index (χ2n) is 6.95. The molecule has 0 aliphatic carbocycles. The molecular formula is C20H37IN6. The summed E-state index contributed by atoms with van der Waals surface area (Å²) in [6.07, 6.45) is 5.37. The highest BCUT2D eigenvalue weighted by atomic mass is 127. The van der Waals surface area contributed by atoms with E-state index in [1.54, 1.807) is 0 Å². The Balaban J connectivity index is 0.00000364. The number of rotatable bonds is 9. The molecule has 1 aromatic heterocycles. The first-order valence-electron chi connectivity index (χ1n) is 10.1. The van der Waals surface area contributed by atoms with Crippen LogP contribution < -0.4 is 10.6 Å². The molecule has 2 N–H and O–H groups in total. The van der Waals surface area contributed by atoms with Crippen molar-refractivity contribution in [3.8, 4) is 0 Å². The number of hydrogen-bond donors (Lipinski definition) is 2. The van der Waals surface area contributed by atoms with Gasteiger partial charge in [0, 0.05) is 52.0 Å². The van der Waals surface area contributed by atoms with Crippen molar-refractivity contribution < 1.29 is 0 Å². The smallest absolute Gasteiger partial charge is 0.191 e. The Kier molecular flexibility index (Phi) is 12.6. The lowest BCUT2D eigenvalue weighted by Gasteiger charge is -2.33. The van der Waals surface area contributed by atoms with Gasteiger partial charge in [0.25, 0.3) is 0 Å². The van der Waals surface area contributed by atoms with Crippen molar-refractivity contribution in [2.45, 2.75) is 45.7 Å². The molecule has 0 amide bonds. The number of likely N-dealkylation sites (N-methyl/N-ethyl adjacent to an activating group) is 1. The fraction of sp³-hybridized carbons (Fsp3) is 0.700. The zero-order chi connectivity index (χ0) is 18.6. The highest BCUT2D eigenvalue weighted by molar-refractivity contribution is 14.0. The summed E-state index contributed by atoms with van der Waals surface area (Å²) in [4.78, 5) is 13.8. The Morgan fingerprint density at radius 1 is 1.26 bits per heavy atom. The number of nitrogens with zero attached hydrogens (tertiary/aromatic N) is 4. The van der Waals surface area contributed by atoms with Crippen LogP contribution in [0.2, 0.25) is 0 Å². The molecule has 0 bridgehead atoms. The predicted octanol–water partition coefficient (Wildman–Crippen LogP) is 2.56. The third kappa shape index (κ3) is 9.21. The maximum Gasteiger partial charge on any atom is 0.191 e. The number of nitrogens with one attached hydrogen (secondary N) is 2. The summed E-state index contributed by atoms with van der Waals surface area (Å²) in [6.45, 7) is 11.9. The average molecular weight is 488 g/mol. The molecule has 27 heavy (non-hydrogen) atoms. The molecular weight excluding hydrogens is 451 g/mol. The van der Waals surface area contributed by atoms with Crippen LogP contribution in [0.25, 0.3) is 0 Å². The van der Waals surface area contributed by atoms with Crippen molar-refractivity contribution >= 4 is 29.9 Å². The van der Waals surface area contributed by atoms with Crippen LogP contribution in [0.1, 0.15) is 38.8 Å². The maximum absolute atomic E-state index is 4.43. The molecule has 0 atom stereocenters. The summed E-state index contributed by atoms with van der Waals surface area (Å²) >= 11 is 0. The van der Waals surface area contributed by atoms with E-state index in [0.29, 0.717) is 6.04 Å². The molecule has 2 heterocycles. The Labute approximate surface area is 182 Å². The average Bonchev–Trinajstić information content (AvgIpc) is 2.68. The molecule has 1 aliphatic rings. The van der Waals surface area contributed by atoms with Gasteiger partial charge in [-0.25, -0.2) is 0 Å². The number of pyridine rings is 1. The molecule has 1 aromatic rings. The first-order valence-corrected chi connectivity index (χ1v) is 10.1. The number of piperidine rings is 1. The van der Waals surface area contributed by atoms with E-state index in [-0.39, 0.29) is 24.0 Å². The van der Waals surface area contributed by atoms with Crippen LogP contribution in [0.5, 0.6) is 0 Å². The van der Waals surface area contributed by atoms with E-state index >= 15 is 0 Å². The van der Waals surface area contributed by atoms with Gasteiger partial charge in [-0.3, -0.25) is 14.9 Å². The minimum atomic E-state index is 0. The SMILES string of the molecule is CCCN(CC)CCNC(=NC)NC1CCN(Cc2ccccn2)CC1.I. The van der Waals surface area contributed by atoms with E-state index in [1.165, 1.54) is 13.0 Å². The van der Waals surface area contributed by atoms with Crippen molar-refractivity contribution in [2.24, 2.45) is 4.99 Å². The van der Waals surface area contributed by atoms with Crippen LogP contribution in [0.3, 0.4) is 0 Å². The molecule has 1 aliphatic heterocycles. The number of aromatic nitrogens is 1. The lowest BCUT2D eigenvalue weighted by atomic mass is 10.0. The summed E-state index contributed by atoms with van der Waals surface area (Å²) in [6, 6.07) is 6.64. The predicted molar refractivity (Wildman–Crippen MR) is 125 cm³/mol. The van der Waals surface area contributed by atoms with Gasteiger partial charge in [-0.1, -0.05) is 19.9 Å². The minimum Gasteiger partial charge on any atom is -0.355 e. The zero-order valence-electron chi connectivity index (χ0n) is 17.2. The highest BCUT2D eigenvalue weighted by Gasteiger charge is 2.20. The van der Waals surface area contributed by atoms with Gasteiger partial charge in [0.1, 0.15) is 0 Å². The van der Waals surface area contributed by atoms with Crippen LogP contribution >= 0.6 is 24.0 Å². The van der Waals surface area contributed by atoms with E-state index in [1.807, 2.05) is 19.3 Å². The normalized spacial score (nSPS) is 16.2. The molecule has 0 spiro atoms. The molecule has 7 heteroatoms. The van der Waals surface area contributed by atoms with E-state index in [4.69, 9.17) is 0 Å². The van der Waals surface area contributed by atoms with Crippen LogP contribution in [-0.2, 0) is 6.54 Å². The van der Waals surface area contributed by atoms with Crippen molar-refractivity contribution in [2.75, 3.05) is 46.3 Å². The van der Waals surface area contributed by atoms with Gasteiger partial charge in [-0.2, -0.15) is 0 Å². The number of halogens is 1.